The monoisotopic (exact) mass is 415 g/mol. The molecular formula is C19H29NO7S. The van der Waals surface area contributed by atoms with Crippen molar-refractivity contribution in [2.45, 2.75) is 70.0 Å². The van der Waals surface area contributed by atoms with E-state index in [1.54, 1.807) is 13.1 Å². The maximum Gasteiger partial charge on any atom is 0.204 e. The van der Waals surface area contributed by atoms with Gasteiger partial charge in [-0.05, 0) is 25.7 Å². The molecule has 1 N–H and O–H groups in total. The van der Waals surface area contributed by atoms with Gasteiger partial charge in [-0.2, -0.15) is 0 Å². The third-order valence-electron chi connectivity index (χ3n) is 7.50. The van der Waals surface area contributed by atoms with Crippen LogP contribution in [0.3, 0.4) is 0 Å². The van der Waals surface area contributed by atoms with E-state index >= 15 is 0 Å². The molecule has 1 spiro atoms. The van der Waals surface area contributed by atoms with Crippen molar-refractivity contribution in [3.8, 4) is 0 Å². The molecular weight excluding hydrogens is 386 g/mol. The fraction of sp³-hybridized carbons (Fsp3) is 0.895. The van der Waals surface area contributed by atoms with Crippen molar-refractivity contribution >= 4 is 9.84 Å². The number of aliphatic hydroxyl groups is 1. The van der Waals surface area contributed by atoms with Gasteiger partial charge in [-0.25, -0.2) is 18.2 Å². The average Bonchev–Trinajstić information content (AvgIpc) is 2.79. The first-order chi connectivity index (χ1) is 13.2. The molecule has 0 radical (unpaired) electrons. The largest absolute Gasteiger partial charge is 0.392 e. The predicted octanol–water partition coefficient (Wildman–Crippen LogP) is 1.37. The van der Waals surface area contributed by atoms with Crippen molar-refractivity contribution in [3.63, 3.8) is 0 Å². The number of hydrogen-bond acceptors (Lipinski definition) is 8. The van der Waals surface area contributed by atoms with Gasteiger partial charge in [0, 0.05) is 42.3 Å². The summed E-state index contributed by atoms with van der Waals surface area (Å²) in [6, 6.07) is 0. The molecule has 5 aliphatic heterocycles. The van der Waals surface area contributed by atoms with Gasteiger partial charge in [0.1, 0.15) is 6.23 Å². The Hall–Kier alpha value is -0.710. The van der Waals surface area contributed by atoms with E-state index in [1.165, 1.54) is 5.41 Å². The summed E-state index contributed by atoms with van der Waals surface area (Å²) in [5.74, 6) is -0.744. The van der Waals surface area contributed by atoms with Crippen LogP contribution in [-0.2, 0) is 29.1 Å². The number of aliphatic hydroxyl groups excluding tert-OH is 1. The van der Waals surface area contributed by atoms with Crippen LogP contribution in [0.5, 0.6) is 0 Å². The Bertz CT molecular complexity index is 787. The lowest BCUT2D eigenvalue weighted by atomic mass is 9.57. The molecule has 8 nitrogen and oxygen atoms in total. The number of sulfone groups is 1. The molecule has 9 atom stereocenters. The van der Waals surface area contributed by atoms with E-state index in [9.17, 15) is 13.5 Å². The molecule has 28 heavy (non-hydrogen) atoms. The number of rotatable bonds is 1. The summed E-state index contributed by atoms with van der Waals surface area (Å²) in [5, 5.41) is 12.3. The number of fused-ring (bicyclic) bond motifs is 2. The Morgan fingerprint density at radius 2 is 2.00 bits per heavy atom. The summed E-state index contributed by atoms with van der Waals surface area (Å²) in [6.07, 6.45) is 2.27. The summed E-state index contributed by atoms with van der Waals surface area (Å²) < 4.78 is 36.3. The standard InChI is InChI=1S/C19H29NO7S/c1-11-4-5-13-12(2)16(20-6-8-28(22,23)9-7-20)24-17-19(13)15(11)14(21)10-18(3,25-17)26-27-19/h6,8,11-17,21H,4-5,7,9-10H2,1-3H3/t11-,12-,13?,14-,15?,16-,17-,18-,19+/m1/s1. The Kier molecular flexibility index (Phi) is 4.23. The smallest absolute Gasteiger partial charge is 0.204 e. The minimum absolute atomic E-state index is 0.0542. The van der Waals surface area contributed by atoms with Gasteiger partial charge in [0.15, 0.2) is 21.7 Å². The average molecular weight is 416 g/mol. The molecule has 6 aliphatic rings. The van der Waals surface area contributed by atoms with Gasteiger partial charge in [0.2, 0.25) is 5.79 Å². The van der Waals surface area contributed by atoms with Crippen LogP contribution in [0, 0.1) is 23.7 Å². The quantitative estimate of drug-likeness (QED) is 0.642. The van der Waals surface area contributed by atoms with Gasteiger partial charge in [0.25, 0.3) is 0 Å². The summed E-state index contributed by atoms with van der Waals surface area (Å²) in [7, 11) is -3.14. The minimum atomic E-state index is -3.14. The zero-order chi connectivity index (χ0) is 19.9. The van der Waals surface area contributed by atoms with Crippen LogP contribution in [0.4, 0.5) is 0 Å². The number of hydrogen-bond donors (Lipinski definition) is 1. The predicted molar refractivity (Wildman–Crippen MR) is 97.9 cm³/mol. The van der Waals surface area contributed by atoms with Crippen LogP contribution in [0.1, 0.15) is 40.0 Å². The van der Waals surface area contributed by atoms with Crippen molar-refractivity contribution < 1.29 is 32.8 Å². The lowest BCUT2D eigenvalue weighted by Crippen LogP contribution is -2.72. The second-order valence-electron chi connectivity index (χ2n) is 9.34. The van der Waals surface area contributed by atoms with E-state index in [2.05, 4.69) is 13.8 Å². The van der Waals surface area contributed by atoms with Crippen LogP contribution >= 0.6 is 0 Å². The molecule has 5 fully saturated rings. The molecule has 0 aromatic carbocycles. The molecule has 5 heterocycles. The van der Waals surface area contributed by atoms with Crippen LogP contribution < -0.4 is 0 Å². The van der Waals surface area contributed by atoms with E-state index in [1.807, 2.05) is 4.90 Å². The summed E-state index contributed by atoms with van der Waals surface area (Å²) in [5.41, 5.74) is -0.853. The van der Waals surface area contributed by atoms with Gasteiger partial charge in [-0.3, -0.25) is 0 Å². The molecule has 1 aliphatic carbocycles. The lowest BCUT2D eigenvalue weighted by Gasteiger charge is -2.61. The molecule has 0 amide bonds. The summed E-state index contributed by atoms with van der Waals surface area (Å²) >= 11 is 0. The highest BCUT2D eigenvalue weighted by Crippen LogP contribution is 2.60. The molecule has 4 saturated heterocycles. The van der Waals surface area contributed by atoms with Crippen LogP contribution in [-0.4, -0.2) is 60.7 Å². The highest BCUT2D eigenvalue weighted by molar-refractivity contribution is 7.94. The van der Waals surface area contributed by atoms with Crippen LogP contribution in [0.25, 0.3) is 0 Å². The third-order valence-corrected chi connectivity index (χ3v) is 8.78. The number of nitrogens with zero attached hydrogens (tertiary/aromatic N) is 1. The van der Waals surface area contributed by atoms with Gasteiger partial charge >= 0.3 is 0 Å². The van der Waals surface area contributed by atoms with E-state index in [0.29, 0.717) is 13.0 Å². The molecule has 2 unspecified atom stereocenters. The fourth-order valence-electron chi connectivity index (χ4n) is 6.19. The molecule has 6 rings (SSSR count). The van der Waals surface area contributed by atoms with Crippen LogP contribution in [0.2, 0.25) is 0 Å². The first kappa shape index (κ1) is 19.3. The van der Waals surface area contributed by atoms with Crippen molar-refractivity contribution in [2.24, 2.45) is 23.7 Å². The van der Waals surface area contributed by atoms with Crippen molar-refractivity contribution in [3.05, 3.63) is 11.6 Å². The van der Waals surface area contributed by atoms with Gasteiger partial charge < -0.3 is 19.5 Å². The third kappa shape index (κ3) is 2.63. The summed E-state index contributed by atoms with van der Waals surface area (Å²) in [6.45, 7) is 6.41. The Morgan fingerprint density at radius 3 is 2.71 bits per heavy atom. The maximum atomic E-state index is 11.8. The highest BCUT2D eigenvalue weighted by atomic mass is 32.2. The topological polar surface area (TPSA) is 94.5 Å². The van der Waals surface area contributed by atoms with Gasteiger partial charge in [-0.1, -0.05) is 13.8 Å². The maximum absolute atomic E-state index is 11.8. The number of ether oxygens (including phenoxy) is 2. The van der Waals surface area contributed by atoms with E-state index < -0.39 is 33.6 Å². The van der Waals surface area contributed by atoms with Crippen molar-refractivity contribution in [2.75, 3.05) is 12.3 Å². The minimum Gasteiger partial charge on any atom is -0.392 e. The molecule has 0 aromatic rings. The van der Waals surface area contributed by atoms with Crippen LogP contribution in [0.15, 0.2) is 11.6 Å². The van der Waals surface area contributed by atoms with E-state index in [0.717, 1.165) is 12.8 Å². The zero-order valence-electron chi connectivity index (χ0n) is 16.5. The van der Waals surface area contributed by atoms with E-state index in [4.69, 9.17) is 19.2 Å². The highest BCUT2D eigenvalue weighted by Gasteiger charge is 2.71. The van der Waals surface area contributed by atoms with Gasteiger partial charge in [-0.15, -0.1) is 0 Å². The fourth-order valence-corrected chi connectivity index (χ4v) is 7.13. The van der Waals surface area contributed by atoms with Crippen molar-refractivity contribution in [1.82, 2.24) is 4.90 Å². The second-order valence-corrected chi connectivity index (χ2v) is 11.3. The summed E-state index contributed by atoms with van der Waals surface area (Å²) in [4.78, 5) is 13.7. The Morgan fingerprint density at radius 1 is 1.21 bits per heavy atom. The van der Waals surface area contributed by atoms with Gasteiger partial charge in [0.05, 0.1) is 11.9 Å². The lowest BCUT2D eigenvalue weighted by molar-refractivity contribution is -0.573. The molecule has 0 aromatic heterocycles. The first-order valence-electron chi connectivity index (χ1n) is 10.2. The molecule has 158 valence electrons. The molecule has 9 heteroatoms. The second kappa shape index (κ2) is 6.15. The zero-order valence-corrected chi connectivity index (χ0v) is 17.3. The Labute approximate surface area is 165 Å². The first-order valence-corrected chi connectivity index (χ1v) is 11.9. The molecule has 2 bridgehead atoms. The van der Waals surface area contributed by atoms with Crippen molar-refractivity contribution in [1.29, 1.82) is 0 Å². The SMILES string of the molecule is C[C@@H]1CCC2[C@@H](C)[C@H](N3C=CS(=O)(=O)CC3)O[C@@H]3O[C@@]4(C)C[C@@H](O)C1[C@@]23OO4. The normalized spacial score (nSPS) is 54.9. The van der Waals surface area contributed by atoms with E-state index in [-0.39, 0.29) is 35.7 Å². The Balaban J connectivity index is 1.54. The molecule has 1 saturated carbocycles.